The number of hydrogen-bond donors (Lipinski definition) is 8. The molecule has 0 unspecified atom stereocenters. The molecule has 34 heteroatoms. The molecule has 2 amide bonds. The van der Waals surface area contributed by atoms with Crippen LogP contribution in [0.5, 0.6) is 11.5 Å². The van der Waals surface area contributed by atoms with Gasteiger partial charge in [-0.25, -0.2) is 47.5 Å². The Morgan fingerprint density at radius 3 is 1.29 bits per heavy atom. The molecule has 0 bridgehead atoms. The number of morpholine rings is 2. The number of aromatic nitrogens is 10. The lowest BCUT2D eigenvalue weighted by molar-refractivity contribution is 0.0320. The van der Waals surface area contributed by atoms with Crippen molar-refractivity contribution in [2.45, 2.75) is 0 Å². The van der Waals surface area contributed by atoms with Crippen LogP contribution < -0.4 is 41.4 Å². The predicted molar refractivity (Wildman–Crippen MR) is 480 cm³/mol. The number of carbonyl (C=O) groups is 2. The first-order valence-electron chi connectivity index (χ1n) is 38.5. The Bertz CT molecular complexity index is 6470. The molecule has 8 aromatic carbocycles. The SMILES string of the molecule is CNC(=O)c1cccc2c1nc(Nc1cccc(OCCN3CCOCC3)c1Cl)c1sccc12.CNC(=O)c1cccc2c1nc(Nc1cccc(OCCN3CCOCC3)c1F)c1sccc12.Fc1ccc(Nc2nc3c(-c4ncn[nH]4)cccc3c3ccsc23)c(Cl)c1.Fc1ccc(Nc2nc3c(-c4ncn[nH]4)cccc3c3ccsc23)c(F)c1. The first-order chi connectivity index (χ1) is 59.7. The van der Waals surface area contributed by atoms with Gasteiger partial charge < -0.3 is 50.8 Å². The Hall–Kier alpha value is -12.6. The quantitative estimate of drug-likeness (QED) is 0.0329. The van der Waals surface area contributed by atoms with Gasteiger partial charge in [-0.1, -0.05) is 83.9 Å². The molecule has 12 heterocycles. The van der Waals surface area contributed by atoms with Crippen molar-refractivity contribution in [1.82, 2.24) is 70.7 Å². The summed E-state index contributed by atoms with van der Waals surface area (Å²) in [5, 5.41) is 48.4. The van der Waals surface area contributed by atoms with Crippen LogP contribution in [0.15, 0.2) is 204 Å². The average Bonchev–Trinajstić information content (AvgIpc) is 1.54. The normalized spacial score (nSPS) is 13.0. The lowest BCUT2D eigenvalue weighted by Gasteiger charge is -2.26. The summed E-state index contributed by atoms with van der Waals surface area (Å²) >= 11 is 19.1. The minimum absolute atomic E-state index is 0.162. The van der Waals surface area contributed by atoms with Crippen LogP contribution >= 0.6 is 68.5 Å². The maximum atomic E-state index is 15.3. The largest absolute Gasteiger partial charge is 0.491 e. The summed E-state index contributed by atoms with van der Waals surface area (Å²) in [6.07, 6.45) is 2.90. The number of nitrogens with zero attached hydrogens (tertiary/aromatic N) is 10. The fourth-order valence-electron chi connectivity index (χ4n) is 14.4. The van der Waals surface area contributed by atoms with E-state index in [0.29, 0.717) is 123 Å². The van der Waals surface area contributed by atoms with Crippen molar-refractivity contribution in [3.05, 3.63) is 248 Å². The van der Waals surface area contributed by atoms with Gasteiger partial charge in [0.2, 0.25) is 0 Å². The van der Waals surface area contributed by atoms with E-state index < -0.39 is 17.5 Å². The van der Waals surface area contributed by atoms with Crippen LogP contribution in [0.25, 0.3) is 107 Å². The number of ether oxygens (including phenoxy) is 4. The van der Waals surface area contributed by atoms with E-state index in [1.807, 2.05) is 113 Å². The molecule has 20 rings (SSSR count). The van der Waals surface area contributed by atoms with Gasteiger partial charge >= 0.3 is 0 Å². The molecule has 24 nitrogen and oxygen atoms in total. The third-order valence-corrected chi connectivity index (χ3v) is 24.7. The second kappa shape index (κ2) is 37.2. The van der Waals surface area contributed by atoms with Crippen LogP contribution in [0, 0.1) is 23.3 Å². The van der Waals surface area contributed by atoms with E-state index in [4.69, 9.17) is 62.1 Å². The number of H-pyrrole nitrogens is 2. The molecular weight excluding hydrogens is 1680 g/mol. The predicted octanol–water partition coefficient (Wildman–Crippen LogP) is 20.3. The van der Waals surface area contributed by atoms with Crippen LogP contribution in [0.1, 0.15) is 20.7 Å². The molecule has 616 valence electrons. The number of amides is 2. The number of nitrogens with one attached hydrogen (secondary N) is 8. The van der Waals surface area contributed by atoms with E-state index in [1.54, 1.807) is 73.2 Å². The number of carbonyl (C=O) groups excluding carboxylic acids is 2. The first kappa shape index (κ1) is 81.7. The third kappa shape index (κ3) is 17.5. The van der Waals surface area contributed by atoms with Gasteiger partial charge in [0.1, 0.15) is 77.4 Å². The average molecular weight is 1750 g/mol. The number of benzene rings is 8. The zero-order chi connectivity index (χ0) is 83.7. The fraction of sp³-hybridized carbons (Fsp3) is 0.159. The highest BCUT2D eigenvalue weighted by atomic mass is 35.5. The van der Waals surface area contributed by atoms with Crippen molar-refractivity contribution < 1.29 is 46.1 Å². The van der Waals surface area contributed by atoms with E-state index in [9.17, 15) is 22.8 Å². The fourth-order valence-corrected chi connectivity index (χ4v) is 18.2. The maximum absolute atomic E-state index is 15.3. The summed E-state index contributed by atoms with van der Waals surface area (Å²) < 4.78 is 82.3. The molecule has 0 aliphatic carbocycles. The van der Waals surface area contributed by atoms with E-state index in [-0.39, 0.29) is 34.8 Å². The highest BCUT2D eigenvalue weighted by Gasteiger charge is 2.24. The van der Waals surface area contributed by atoms with Crippen LogP contribution in [0.4, 0.5) is 63.6 Å². The zero-order valence-corrected chi connectivity index (χ0v) is 69.7. The van der Waals surface area contributed by atoms with Crippen molar-refractivity contribution in [2.75, 3.05) is 114 Å². The van der Waals surface area contributed by atoms with Gasteiger partial charge in [0.05, 0.1) is 106 Å². The number of hydrogen-bond acceptors (Lipinski definition) is 24. The molecule has 0 saturated carbocycles. The number of aromatic amines is 2. The van der Waals surface area contributed by atoms with Crippen molar-refractivity contribution in [3.8, 4) is 34.3 Å². The van der Waals surface area contributed by atoms with Gasteiger partial charge in [-0.2, -0.15) is 10.2 Å². The number of pyridine rings is 4. The number of anilines is 8. The maximum Gasteiger partial charge on any atom is 0.253 e. The first-order valence-corrected chi connectivity index (χ1v) is 42.8. The number of para-hydroxylation sites is 4. The smallest absolute Gasteiger partial charge is 0.253 e. The molecule has 122 heavy (non-hydrogen) atoms. The molecule has 18 aromatic rings. The summed E-state index contributed by atoms with van der Waals surface area (Å²) in [6, 6.07) is 49.4. The summed E-state index contributed by atoms with van der Waals surface area (Å²) in [5.41, 5.74) is 7.08. The second-order valence-corrected chi connectivity index (χ2v) is 32.2. The Morgan fingerprint density at radius 1 is 0.443 bits per heavy atom. The Balaban J connectivity index is 0.000000116. The highest BCUT2D eigenvalue weighted by Crippen LogP contribution is 2.44. The second-order valence-electron chi connectivity index (χ2n) is 27.7. The van der Waals surface area contributed by atoms with Crippen molar-refractivity contribution in [2.24, 2.45) is 0 Å². The Kier molecular flexibility index (Phi) is 24.9. The topological polar surface area (TPSA) is 284 Å². The van der Waals surface area contributed by atoms with E-state index in [2.05, 4.69) is 84.2 Å². The van der Waals surface area contributed by atoms with Crippen molar-refractivity contribution in [3.63, 3.8) is 0 Å². The molecule has 2 fully saturated rings. The molecular formula is C88H72Cl2F4N18O6S4. The molecule has 0 spiro atoms. The van der Waals surface area contributed by atoms with Gasteiger partial charge in [0, 0.05) is 114 Å². The van der Waals surface area contributed by atoms with E-state index in [1.165, 1.54) is 59.6 Å². The molecule has 2 aliphatic rings. The summed E-state index contributed by atoms with van der Waals surface area (Å²) in [4.78, 5) is 57.1. The molecule has 8 N–H and O–H groups in total. The minimum Gasteiger partial charge on any atom is -0.491 e. The number of fused-ring (bicyclic) bond motifs is 12. The van der Waals surface area contributed by atoms with Crippen molar-refractivity contribution in [1.29, 1.82) is 0 Å². The van der Waals surface area contributed by atoms with Gasteiger partial charge in [-0.3, -0.25) is 29.6 Å². The van der Waals surface area contributed by atoms with Crippen LogP contribution in [-0.2, 0) is 9.47 Å². The summed E-state index contributed by atoms with van der Waals surface area (Å²) in [6.45, 7) is 8.97. The minimum atomic E-state index is -0.676. The van der Waals surface area contributed by atoms with Gasteiger partial charge in [-0.15, -0.1) is 45.3 Å². The van der Waals surface area contributed by atoms with Gasteiger partial charge in [0.25, 0.3) is 11.8 Å². The highest BCUT2D eigenvalue weighted by molar-refractivity contribution is 7.19. The standard InChI is InChI=1S/C25H25ClN4O3S.C25H25FN4O3S.C19H11ClFN5S.C19H11F2N5S/c2*1-27-25(31)18-5-2-4-16-17-8-15-34-23(17)24(29-22(16)18)28-19-6-3-7-20(21(19)26)33-14-11-30-9-12-32-13-10-30;20-14-8-10(21)4-5-15(14)24-19-17-12(6-7-27-17)11-2-1-3-13(16(11)25-19)18-22-9-23-26-18;20-10-4-5-15(14(21)8-10)24-19-17-12(6-7-27-17)11-2-1-3-13(16(11)25-19)18-22-9-23-26-18/h2*2-8,15H,9-14H2,1H3,(H,27,31)(H,28,29);2*1-9H,(H,24,25)(H,22,23,26). The molecule has 0 atom stereocenters. The number of rotatable bonds is 20. The number of halogens is 6. The van der Waals surface area contributed by atoms with Crippen LogP contribution in [-0.4, -0.2) is 165 Å². The van der Waals surface area contributed by atoms with Crippen LogP contribution in [0.2, 0.25) is 10.0 Å². The third-order valence-electron chi connectivity index (χ3n) is 20.3. The van der Waals surface area contributed by atoms with E-state index >= 15 is 4.39 Å². The van der Waals surface area contributed by atoms with Crippen LogP contribution in [0.3, 0.4) is 0 Å². The monoisotopic (exact) mass is 1750 g/mol. The van der Waals surface area contributed by atoms with Crippen molar-refractivity contribution >= 4 is 210 Å². The molecule has 10 aromatic heterocycles. The summed E-state index contributed by atoms with van der Waals surface area (Å²) in [7, 11) is 3.21. The lowest BCUT2D eigenvalue weighted by atomic mass is 10.1. The van der Waals surface area contributed by atoms with E-state index in [0.717, 1.165) is 131 Å². The molecule has 2 aliphatic heterocycles. The Morgan fingerprint density at radius 2 is 0.836 bits per heavy atom. The zero-order valence-electron chi connectivity index (χ0n) is 64.9. The molecule has 2 saturated heterocycles. The lowest BCUT2D eigenvalue weighted by Crippen LogP contribution is -2.38. The Labute approximate surface area is 719 Å². The summed E-state index contributed by atoms with van der Waals surface area (Å²) in [5.74, 6) is 1.81. The number of thiophene rings is 4. The van der Waals surface area contributed by atoms with Gasteiger partial charge in [0.15, 0.2) is 23.2 Å². The van der Waals surface area contributed by atoms with Gasteiger partial charge in [-0.05, 0) is 125 Å². The molecule has 0 radical (unpaired) electrons.